The van der Waals surface area contributed by atoms with Crippen molar-refractivity contribution in [2.45, 2.75) is 33.1 Å². The van der Waals surface area contributed by atoms with Crippen LogP contribution in [-0.4, -0.2) is 31.1 Å². The van der Waals surface area contributed by atoms with Crippen molar-refractivity contribution in [2.24, 2.45) is 5.41 Å². The molecule has 1 aromatic rings. The summed E-state index contributed by atoms with van der Waals surface area (Å²) in [7, 11) is 0. The highest BCUT2D eigenvalue weighted by Crippen LogP contribution is 2.36. The number of hydrogen-bond acceptors (Lipinski definition) is 2. The largest absolute Gasteiger partial charge is 0.381 e. The molecule has 1 aromatic carbocycles. The van der Waals surface area contributed by atoms with Crippen molar-refractivity contribution in [3.8, 4) is 0 Å². The van der Waals surface area contributed by atoms with Gasteiger partial charge in [-0.1, -0.05) is 26.0 Å². The van der Waals surface area contributed by atoms with Gasteiger partial charge in [0.05, 0.1) is 5.69 Å². The van der Waals surface area contributed by atoms with Crippen molar-refractivity contribution in [3.63, 3.8) is 0 Å². The quantitative estimate of drug-likeness (QED) is 0.842. The molecule has 0 atom stereocenters. The lowest BCUT2D eigenvalue weighted by atomic mass is 9.82. The maximum atomic E-state index is 13.4. The van der Waals surface area contributed by atoms with E-state index in [9.17, 15) is 4.39 Å². The predicted octanol–water partition coefficient (Wildman–Crippen LogP) is 3.75. The van der Waals surface area contributed by atoms with Crippen LogP contribution >= 0.6 is 0 Å². The lowest BCUT2D eigenvalue weighted by molar-refractivity contribution is 0.245. The topological polar surface area (TPSA) is 15.3 Å². The summed E-state index contributed by atoms with van der Waals surface area (Å²) in [6.45, 7) is 8.77. The molecular formula is C16H25FN2. The van der Waals surface area contributed by atoms with Gasteiger partial charge in [0.15, 0.2) is 0 Å². The summed E-state index contributed by atoms with van der Waals surface area (Å²) in [5.74, 6) is -0.166. The number of likely N-dealkylation sites (tertiary alicyclic amines) is 1. The molecular weight excluding hydrogens is 239 g/mol. The van der Waals surface area contributed by atoms with E-state index in [0.29, 0.717) is 11.1 Å². The molecule has 0 unspecified atom stereocenters. The second-order valence-corrected chi connectivity index (χ2v) is 5.64. The van der Waals surface area contributed by atoms with E-state index in [1.165, 1.54) is 38.4 Å². The van der Waals surface area contributed by atoms with Crippen molar-refractivity contribution < 1.29 is 4.39 Å². The fraction of sp³-hybridized carbons (Fsp3) is 0.625. The Kier molecular flexibility index (Phi) is 4.81. The van der Waals surface area contributed by atoms with Gasteiger partial charge in [0.25, 0.3) is 0 Å². The maximum Gasteiger partial charge on any atom is 0.146 e. The third-order valence-corrected chi connectivity index (χ3v) is 4.63. The zero-order valence-electron chi connectivity index (χ0n) is 12.1. The maximum absolute atomic E-state index is 13.4. The minimum Gasteiger partial charge on any atom is -0.381 e. The molecule has 0 radical (unpaired) electrons. The van der Waals surface area contributed by atoms with Gasteiger partial charge in [0.2, 0.25) is 0 Å². The summed E-state index contributed by atoms with van der Waals surface area (Å²) >= 11 is 0. The fourth-order valence-electron chi connectivity index (χ4n) is 3.00. The second kappa shape index (κ2) is 6.38. The molecule has 2 nitrogen and oxygen atoms in total. The number of nitrogens with one attached hydrogen (secondary N) is 1. The van der Waals surface area contributed by atoms with Crippen LogP contribution < -0.4 is 5.32 Å². The van der Waals surface area contributed by atoms with Gasteiger partial charge in [-0.05, 0) is 43.4 Å². The predicted molar refractivity (Wildman–Crippen MR) is 79.0 cm³/mol. The van der Waals surface area contributed by atoms with E-state index in [2.05, 4.69) is 24.1 Å². The standard InChI is InChI=1S/C16H25FN2/c1-3-16(4-2)9-11-19(13-16)12-10-18-15-8-6-5-7-14(15)17/h5-8,18H,3-4,9-13H2,1-2H3. The van der Waals surface area contributed by atoms with Gasteiger partial charge in [-0.2, -0.15) is 0 Å². The second-order valence-electron chi connectivity index (χ2n) is 5.64. The highest BCUT2D eigenvalue weighted by Gasteiger charge is 2.34. The lowest BCUT2D eigenvalue weighted by Crippen LogP contribution is -2.30. The zero-order chi connectivity index (χ0) is 13.7. The van der Waals surface area contributed by atoms with Crippen molar-refractivity contribution in [1.29, 1.82) is 0 Å². The van der Waals surface area contributed by atoms with Crippen LogP contribution in [-0.2, 0) is 0 Å². The van der Waals surface area contributed by atoms with Crippen LogP contribution in [0.2, 0.25) is 0 Å². The van der Waals surface area contributed by atoms with Crippen molar-refractivity contribution in [2.75, 3.05) is 31.5 Å². The third-order valence-electron chi connectivity index (χ3n) is 4.63. The molecule has 1 saturated heterocycles. The van der Waals surface area contributed by atoms with Crippen molar-refractivity contribution in [1.82, 2.24) is 4.90 Å². The van der Waals surface area contributed by atoms with Crippen LogP contribution in [0.25, 0.3) is 0 Å². The lowest BCUT2D eigenvalue weighted by Gasteiger charge is -2.26. The SMILES string of the molecule is CCC1(CC)CCN(CCNc2ccccc2F)C1. The molecule has 0 saturated carbocycles. The number of halogens is 1. The molecule has 1 fully saturated rings. The number of nitrogens with zero attached hydrogens (tertiary/aromatic N) is 1. The van der Waals surface area contributed by atoms with Gasteiger partial charge in [-0.15, -0.1) is 0 Å². The van der Waals surface area contributed by atoms with E-state index >= 15 is 0 Å². The molecule has 1 heterocycles. The molecule has 1 aliphatic heterocycles. The summed E-state index contributed by atoms with van der Waals surface area (Å²) in [4.78, 5) is 2.50. The third kappa shape index (κ3) is 3.47. The molecule has 0 amide bonds. The van der Waals surface area contributed by atoms with Crippen molar-refractivity contribution in [3.05, 3.63) is 30.1 Å². The Morgan fingerprint density at radius 2 is 2.00 bits per heavy atom. The summed E-state index contributed by atoms with van der Waals surface area (Å²) in [5, 5.41) is 3.19. The first-order valence-corrected chi connectivity index (χ1v) is 7.40. The number of hydrogen-bond donors (Lipinski definition) is 1. The minimum atomic E-state index is -0.166. The van der Waals surface area contributed by atoms with E-state index in [1.54, 1.807) is 12.1 Å². The first-order chi connectivity index (χ1) is 9.19. The average molecular weight is 264 g/mol. The number of para-hydroxylation sites is 1. The highest BCUT2D eigenvalue weighted by atomic mass is 19.1. The van der Waals surface area contributed by atoms with Gasteiger partial charge >= 0.3 is 0 Å². The molecule has 1 aliphatic rings. The minimum absolute atomic E-state index is 0.166. The molecule has 0 aromatic heterocycles. The Bertz CT molecular complexity index is 401. The van der Waals surface area contributed by atoms with Gasteiger partial charge in [-0.25, -0.2) is 4.39 Å². The van der Waals surface area contributed by atoms with Crippen LogP contribution in [0.5, 0.6) is 0 Å². The Labute approximate surface area is 116 Å². The van der Waals surface area contributed by atoms with E-state index < -0.39 is 0 Å². The van der Waals surface area contributed by atoms with Gasteiger partial charge in [-0.3, -0.25) is 0 Å². The summed E-state index contributed by atoms with van der Waals surface area (Å²) < 4.78 is 13.4. The fourth-order valence-corrected chi connectivity index (χ4v) is 3.00. The molecule has 0 spiro atoms. The summed E-state index contributed by atoms with van der Waals surface area (Å²) in [6, 6.07) is 6.87. The summed E-state index contributed by atoms with van der Waals surface area (Å²) in [5.41, 5.74) is 1.14. The van der Waals surface area contributed by atoms with E-state index in [4.69, 9.17) is 0 Å². The van der Waals surface area contributed by atoms with Gasteiger partial charge in [0, 0.05) is 19.6 Å². The number of anilines is 1. The van der Waals surface area contributed by atoms with Crippen LogP contribution in [0.15, 0.2) is 24.3 Å². The first kappa shape index (κ1) is 14.3. The van der Waals surface area contributed by atoms with E-state index in [1.807, 2.05) is 6.07 Å². The molecule has 19 heavy (non-hydrogen) atoms. The molecule has 0 bridgehead atoms. The van der Waals surface area contributed by atoms with Gasteiger partial charge < -0.3 is 10.2 Å². The molecule has 0 aliphatic carbocycles. The molecule has 106 valence electrons. The van der Waals surface area contributed by atoms with E-state index in [-0.39, 0.29) is 5.82 Å². The number of benzene rings is 1. The normalized spacial score (nSPS) is 18.7. The monoisotopic (exact) mass is 264 g/mol. The smallest absolute Gasteiger partial charge is 0.146 e. The highest BCUT2D eigenvalue weighted by molar-refractivity contribution is 5.44. The van der Waals surface area contributed by atoms with Crippen LogP contribution in [0.1, 0.15) is 33.1 Å². The van der Waals surface area contributed by atoms with Crippen LogP contribution in [0, 0.1) is 11.2 Å². The Morgan fingerprint density at radius 3 is 2.63 bits per heavy atom. The number of rotatable bonds is 6. The Morgan fingerprint density at radius 1 is 1.26 bits per heavy atom. The summed E-state index contributed by atoms with van der Waals surface area (Å²) in [6.07, 6.45) is 3.83. The van der Waals surface area contributed by atoms with Gasteiger partial charge in [0.1, 0.15) is 5.82 Å². The van der Waals surface area contributed by atoms with Crippen LogP contribution in [0.3, 0.4) is 0 Å². The average Bonchev–Trinajstić information content (AvgIpc) is 2.85. The molecule has 3 heteroatoms. The Balaban J connectivity index is 1.77. The van der Waals surface area contributed by atoms with Crippen LogP contribution in [0.4, 0.5) is 10.1 Å². The Hall–Kier alpha value is -1.09. The first-order valence-electron chi connectivity index (χ1n) is 7.40. The molecule has 1 N–H and O–H groups in total. The van der Waals surface area contributed by atoms with Crippen molar-refractivity contribution >= 4 is 5.69 Å². The zero-order valence-corrected chi connectivity index (χ0v) is 12.1. The van der Waals surface area contributed by atoms with E-state index in [0.717, 1.165) is 13.1 Å². The molecule has 2 rings (SSSR count).